The van der Waals surface area contributed by atoms with Crippen molar-refractivity contribution in [2.24, 2.45) is 5.92 Å². The number of aromatic nitrogens is 1. The third kappa shape index (κ3) is 3.84. The zero-order valence-corrected chi connectivity index (χ0v) is 17.0. The maximum absolute atomic E-state index is 13.2. The zero-order valence-electron chi connectivity index (χ0n) is 17.0. The van der Waals surface area contributed by atoms with Crippen molar-refractivity contribution >= 4 is 17.3 Å². The van der Waals surface area contributed by atoms with E-state index in [9.17, 15) is 4.79 Å². The van der Waals surface area contributed by atoms with Gasteiger partial charge in [0.05, 0.1) is 5.92 Å². The maximum atomic E-state index is 13.2. The predicted octanol–water partition coefficient (Wildman–Crippen LogP) is 3.26. The number of carbonyl (C=O) groups is 1. The number of pyridine rings is 1. The van der Waals surface area contributed by atoms with Crippen molar-refractivity contribution in [3.63, 3.8) is 0 Å². The van der Waals surface area contributed by atoms with E-state index >= 15 is 0 Å². The van der Waals surface area contributed by atoms with Crippen molar-refractivity contribution < 1.29 is 4.79 Å². The number of aryl methyl sites for hydroxylation is 1. The van der Waals surface area contributed by atoms with Crippen LogP contribution in [-0.4, -0.2) is 55.1 Å². The van der Waals surface area contributed by atoms with E-state index < -0.39 is 0 Å². The Morgan fingerprint density at radius 2 is 1.71 bits per heavy atom. The molecule has 0 saturated carbocycles. The normalized spacial score (nSPS) is 20.4. The van der Waals surface area contributed by atoms with Crippen molar-refractivity contribution in [1.82, 2.24) is 9.88 Å². The largest absolute Gasteiger partial charge is 0.371 e. The van der Waals surface area contributed by atoms with Gasteiger partial charge in [0.25, 0.3) is 0 Å². The number of piperidine rings is 1. The lowest BCUT2D eigenvalue weighted by molar-refractivity contribution is -0.136. The summed E-state index contributed by atoms with van der Waals surface area (Å²) >= 11 is 0. The van der Waals surface area contributed by atoms with E-state index in [1.165, 1.54) is 22.5 Å². The van der Waals surface area contributed by atoms with E-state index in [0.717, 1.165) is 52.1 Å². The summed E-state index contributed by atoms with van der Waals surface area (Å²) in [5, 5.41) is 0. The smallest absolute Gasteiger partial charge is 0.227 e. The Bertz CT molecular complexity index is 815. The molecule has 148 valence electrons. The molecule has 5 heteroatoms. The second-order valence-electron chi connectivity index (χ2n) is 8.02. The van der Waals surface area contributed by atoms with Crippen LogP contribution in [0.5, 0.6) is 0 Å². The molecule has 2 fully saturated rings. The van der Waals surface area contributed by atoms with Crippen molar-refractivity contribution in [2.75, 3.05) is 49.1 Å². The van der Waals surface area contributed by atoms with Gasteiger partial charge in [0.15, 0.2) is 0 Å². The highest BCUT2D eigenvalue weighted by atomic mass is 16.2. The lowest BCUT2D eigenvalue weighted by Crippen LogP contribution is -2.52. The highest BCUT2D eigenvalue weighted by molar-refractivity contribution is 5.80. The molecule has 0 radical (unpaired) electrons. The molecule has 0 N–H and O–H groups in total. The van der Waals surface area contributed by atoms with Crippen molar-refractivity contribution in [3.8, 4) is 0 Å². The molecule has 28 heavy (non-hydrogen) atoms. The van der Waals surface area contributed by atoms with Crippen LogP contribution in [0.4, 0.5) is 11.4 Å². The molecule has 1 unspecified atom stereocenters. The minimum absolute atomic E-state index is 0.106. The summed E-state index contributed by atoms with van der Waals surface area (Å²) < 4.78 is 0. The van der Waals surface area contributed by atoms with Gasteiger partial charge in [0.2, 0.25) is 5.91 Å². The summed E-state index contributed by atoms with van der Waals surface area (Å²) in [6.07, 6.45) is 5.72. The van der Waals surface area contributed by atoms with Gasteiger partial charge in [-0.2, -0.15) is 0 Å². The van der Waals surface area contributed by atoms with Crippen molar-refractivity contribution in [1.29, 1.82) is 0 Å². The molecule has 2 aliphatic heterocycles. The molecule has 5 nitrogen and oxygen atoms in total. The minimum atomic E-state index is 0.106. The Morgan fingerprint density at radius 3 is 2.46 bits per heavy atom. The van der Waals surface area contributed by atoms with E-state index in [2.05, 4.69) is 51.7 Å². The van der Waals surface area contributed by atoms with Crippen LogP contribution in [0.25, 0.3) is 0 Å². The fourth-order valence-corrected chi connectivity index (χ4v) is 4.47. The molecule has 2 aromatic rings. The molecule has 2 aliphatic rings. The number of hydrogen-bond donors (Lipinski definition) is 0. The maximum Gasteiger partial charge on any atom is 0.227 e. The molecular formula is C23H30N4O. The molecule has 0 bridgehead atoms. The number of benzene rings is 1. The first-order valence-electron chi connectivity index (χ1n) is 10.4. The van der Waals surface area contributed by atoms with E-state index in [1.807, 2.05) is 24.5 Å². The molecule has 1 atom stereocenters. The fourth-order valence-electron chi connectivity index (χ4n) is 4.47. The first-order valence-corrected chi connectivity index (χ1v) is 10.4. The summed E-state index contributed by atoms with van der Waals surface area (Å²) in [4.78, 5) is 24.1. The molecule has 1 amide bonds. The second-order valence-corrected chi connectivity index (χ2v) is 8.02. The van der Waals surface area contributed by atoms with Crippen LogP contribution in [0.3, 0.4) is 0 Å². The summed E-state index contributed by atoms with van der Waals surface area (Å²) in [6.45, 7) is 9.66. The first-order chi connectivity index (χ1) is 13.6. The highest BCUT2D eigenvalue weighted by Gasteiger charge is 2.31. The van der Waals surface area contributed by atoms with Gasteiger partial charge in [-0.25, -0.2) is 0 Å². The molecule has 0 spiro atoms. The lowest BCUT2D eigenvalue weighted by Gasteiger charge is -2.40. The zero-order chi connectivity index (χ0) is 19.5. The molecule has 0 aliphatic carbocycles. The predicted molar refractivity (Wildman–Crippen MR) is 114 cm³/mol. The van der Waals surface area contributed by atoms with Gasteiger partial charge in [0, 0.05) is 63.0 Å². The summed E-state index contributed by atoms with van der Waals surface area (Å²) in [6, 6.07) is 10.6. The Balaban J connectivity index is 1.37. The first kappa shape index (κ1) is 18.8. The van der Waals surface area contributed by atoms with Gasteiger partial charge in [-0.05, 0) is 56.0 Å². The van der Waals surface area contributed by atoms with Crippen LogP contribution in [0, 0.1) is 19.8 Å². The van der Waals surface area contributed by atoms with Crippen LogP contribution >= 0.6 is 0 Å². The third-order valence-corrected chi connectivity index (χ3v) is 6.31. The van der Waals surface area contributed by atoms with Crippen LogP contribution in [0.15, 0.2) is 42.7 Å². The highest BCUT2D eigenvalue weighted by Crippen LogP contribution is 2.26. The molecule has 4 rings (SSSR count). The van der Waals surface area contributed by atoms with Gasteiger partial charge >= 0.3 is 0 Å². The third-order valence-electron chi connectivity index (χ3n) is 6.31. The Hall–Kier alpha value is -2.56. The van der Waals surface area contributed by atoms with E-state index in [4.69, 9.17) is 0 Å². The van der Waals surface area contributed by atoms with Crippen LogP contribution < -0.4 is 9.80 Å². The average molecular weight is 379 g/mol. The molecule has 3 heterocycles. The second kappa shape index (κ2) is 8.21. The number of nitrogens with zero attached hydrogens (tertiary/aromatic N) is 4. The summed E-state index contributed by atoms with van der Waals surface area (Å²) in [5.74, 6) is 0.438. The Labute approximate surface area is 168 Å². The number of piperazine rings is 1. The van der Waals surface area contributed by atoms with E-state index in [0.29, 0.717) is 5.91 Å². The molecule has 1 aromatic heterocycles. The Kier molecular flexibility index (Phi) is 5.51. The van der Waals surface area contributed by atoms with Crippen LogP contribution in [0.2, 0.25) is 0 Å². The number of carbonyl (C=O) groups excluding carboxylic acids is 1. The molecule has 1 aromatic carbocycles. The van der Waals surface area contributed by atoms with Crippen molar-refractivity contribution in [3.05, 3.63) is 53.9 Å². The SMILES string of the molecule is Cc1cccc(N2CCN(C(=O)C3CCCN(c4ccncc4)C3)CC2)c1C. The van der Waals surface area contributed by atoms with Crippen molar-refractivity contribution in [2.45, 2.75) is 26.7 Å². The van der Waals surface area contributed by atoms with Gasteiger partial charge < -0.3 is 14.7 Å². The van der Waals surface area contributed by atoms with Gasteiger partial charge in [-0.3, -0.25) is 9.78 Å². The minimum Gasteiger partial charge on any atom is -0.371 e. The molecular weight excluding hydrogens is 348 g/mol. The number of amides is 1. The standard InChI is InChI=1S/C23H30N4O/c1-18-5-3-7-22(19(18)2)25-13-15-26(16-14-25)23(28)20-6-4-12-27(17-20)21-8-10-24-11-9-21/h3,5,7-11,20H,4,6,12-17H2,1-2H3. The fraction of sp³-hybridized carbons (Fsp3) is 0.478. The van der Waals surface area contributed by atoms with Gasteiger partial charge in [-0.15, -0.1) is 0 Å². The quantitative estimate of drug-likeness (QED) is 0.822. The van der Waals surface area contributed by atoms with Gasteiger partial charge in [0.1, 0.15) is 0 Å². The van der Waals surface area contributed by atoms with Gasteiger partial charge in [-0.1, -0.05) is 12.1 Å². The van der Waals surface area contributed by atoms with E-state index in [-0.39, 0.29) is 5.92 Å². The summed E-state index contributed by atoms with van der Waals surface area (Å²) in [7, 11) is 0. The monoisotopic (exact) mass is 378 g/mol. The lowest BCUT2D eigenvalue weighted by atomic mass is 9.95. The summed E-state index contributed by atoms with van der Waals surface area (Å²) in [5.41, 5.74) is 5.16. The number of hydrogen-bond acceptors (Lipinski definition) is 4. The van der Waals surface area contributed by atoms with Crippen LogP contribution in [-0.2, 0) is 4.79 Å². The number of rotatable bonds is 3. The average Bonchev–Trinajstić information content (AvgIpc) is 2.76. The number of anilines is 2. The molecule has 2 saturated heterocycles. The Morgan fingerprint density at radius 1 is 0.964 bits per heavy atom. The van der Waals surface area contributed by atoms with E-state index in [1.54, 1.807) is 0 Å². The van der Waals surface area contributed by atoms with Crippen LogP contribution in [0.1, 0.15) is 24.0 Å². The topological polar surface area (TPSA) is 39.7 Å².